The quantitative estimate of drug-likeness (QED) is 0.909. The molecule has 0 atom stereocenters. The van der Waals surface area contributed by atoms with Gasteiger partial charge in [0, 0.05) is 10.8 Å². The number of nitrogen functional groups attached to an aromatic ring is 1. The second-order valence-electron chi connectivity index (χ2n) is 5.35. The second kappa shape index (κ2) is 4.95. The molecule has 2 N–H and O–H groups in total. The summed E-state index contributed by atoms with van der Waals surface area (Å²) < 4.78 is 1.52. The molecule has 0 radical (unpaired) electrons. The fourth-order valence-corrected chi connectivity index (χ4v) is 2.69. The highest BCUT2D eigenvalue weighted by Gasteiger charge is 2.20. The van der Waals surface area contributed by atoms with E-state index in [1.165, 1.54) is 15.9 Å². The molecule has 0 aliphatic carbocycles. The Morgan fingerprint density at radius 3 is 2.50 bits per heavy atom. The Kier molecular flexibility index (Phi) is 3.47. The van der Waals surface area contributed by atoms with E-state index in [-0.39, 0.29) is 22.8 Å². The first-order chi connectivity index (χ1) is 9.36. The highest BCUT2D eigenvalue weighted by Crippen LogP contribution is 2.25. The molecule has 0 unspecified atom stereocenters. The number of nitriles is 2. The van der Waals surface area contributed by atoms with Crippen molar-refractivity contribution in [1.29, 1.82) is 10.5 Å². The summed E-state index contributed by atoms with van der Waals surface area (Å²) in [5.41, 5.74) is 6.96. The van der Waals surface area contributed by atoms with Gasteiger partial charge in [-0.05, 0) is 0 Å². The van der Waals surface area contributed by atoms with E-state index in [1.807, 2.05) is 17.5 Å². The Labute approximate surface area is 121 Å². The van der Waals surface area contributed by atoms with Crippen LogP contribution in [-0.4, -0.2) is 14.5 Å². The molecule has 102 valence electrons. The van der Waals surface area contributed by atoms with Crippen molar-refractivity contribution in [2.75, 3.05) is 5.73 Å². The molecule has 2 aromatic rings. The van der Waals surface area contributed by atoms with Gasteiger partial charge in [0.15, 0.2) is 11.4 Å². The highest BCUT2D eigenvalue weighted by molar-refractivity contribution is 7.09. The summed E-state index contributed by atoms with van der Waals surface area (Å²) in [6.07, 6.45) is 0. The number of aromatic nitrogens is 3. The molecule has 20 heavy (non-hydrogen) atoms. The standard InChI is InChI=1S/C13H14N6S/c1-13(2,3)10-7-20-11(18-10)6-19-9(5-15)8(4-14)17-12(19)16/h7H,6H2,1-3H3,(H2,16,17). The fourth-order valence-electron chi connectivity index (χ4n) is 1.68. The number of nitrogens with two attached hydrogens (primary N) is 1. The smallest absolute Gasteiger partial charge is 0.202 e. The number of anilines is 1. The van der Waals surface area contributed by atoms with Crippen LogP contribution >= 0.6 is 11.3 Å². The summed E-state index contributed by atoms with van der Waals surface area (Å²) in [6, 6.07) is 3.84. The first-order valence-electron chi connectivity index (χ1n) is 5.98. The van der Waals surface area contributed by atoms with Gasteiger partial charge in [0.05, 0.1) is 12.2 Å². The minimum Gasteiger partial charge on any atom is -0.369 e. The molecule has 0 spiro atoms. The van der Waals surface area contributed by atoms with Gasteiger partial charge in [-0.25, -0.2) is 9.97 Å². The molecule has 0 aliphatic rings. The topological polar surface area (TPSA) is 104 Å². The fraction of sp³-hybridized carbons (Fsp3) is 0.385. The zero-order valence-electron chi connectivity index (χ0n) is 11.5. The van der Waals surface area contributed by atoms with Crippen LogP contribution in [0.15, 0.2) is 5.38 Å². The van der Waals surface area contributed by atoms with Crippen LogP contribution in [0.2, 0.25) is 0 Å². The van der Waals surface area contributed by atoms with Gasteiger partial charge < -0.3 is 5.73 Å². The van der Waals surface area contributed by atoms with Crippen molar-refractivity contribution in [2.45, 2.75) is 32.7 Å². The van der Waals surface area contributed by atoms with Crippen LogP contribution in [0, 0.1) is 22.7 Å². The van der Waals surface area contributed by atoms with Gasteiger partial charge in [-0.3, -0.25) is 4.57 Å². The lowest BCUT2D eigenvalue weighted by Gasteiger charge is -2.14. The molecule has 0 saturated carbocycles. The largest absolute Gasteiger partial charge is 0.369 e. The maximum atomic E-state index is 9.12. The summed E-state index contributed by atoms with van der Waals surface area (Å²) in [5, 5.41) is 20.9. The van der Waals surface area contributed by atoms with Gasteiger partial charge in [0.25, 0.3) is 0 Å². The van der Waals surface area contributed by atoms with Gasteiger partial charge in [0.1, 0.15) is 17.1 Å². The number of rotatable bonds is 2. The third kappa shape index (κ3) is 2.49. The lowest BCUT2D eigenvalue weighted by molar-refractivity contribution is 0.569. The lowest BCUT2D eigenvalue weighted by Crippen LogP contribution is -2.12. The van der Waals surface area contributed by atoms with Crippen molar-refractivity contribution in [3.05, 3.63) is 27.5 Å². The number of imidazole rings is 1. The lowest BCUT2D eigenvalue weighted by atomic mass is 9.93. The van der Waals surface area contributed by atoms with Gasteiger partial charge >= 0.3 is 0 Å². The van der Waals surface area contributed by atoms with E-state index in [2.05, 4.69) is 30.7 Å². The molecule has 6 nitrogen and oxygen atoms in total. The van der Waals surface area contributed by atoms with E-state index in [0.29, 0.717) is 6.54 Å². The molecule has 2 rings (SSSR count). The molecule has 0 aromatic carbocycles. The molecule has 0 amide bonds. The molecule has 7 heteroatoms. The van der Waals surface area contributed by atoms with Crippen LogP contribution < -0.4 is 5.73 Å². The van der Waals surface area contributed by atoms with Crippen molar-refractivity contribution in [1.82, 2.24) is 14.5 Å². The first kappa shape index (κ1) is 14.0. The summed E-state index contributed by atoms with van der Waals surface area (Å²) in [7, 11) is 0. The number of thiazole rings is 1. The van der Waals surface area contributed by atoms with Crippen LogP contribution in [0.4, 0.5) is 5.95 Å². The first-order valence-corrected chi connectivity index (χ1v) is 6.86. The minimum atomic E-state index is -0.0227. The second-order valence-corrected chi connectivity index (χ2v) is 6.30. The van der Waals surface area contributed by atoms with E-state index in [0.717, 1.165) is 10.7 Å². The Hall–Kier alpha value is -2.38. The van der Waals surface area contributed by atoms with Crippen molar-refractivity contribution in [3.8, 4) is 12.1 Å². The van der Waals surface area contributed by atoms with Crippen molar-refractivity contribution >= 4 is 17.3 Å². The van der Waals surface area contributed by atoms with Crippen molar-refractivity contribution in [2.24, 2.45) is 0 Å². The number of hydrogen-bond donors (Lipinski definition) is 1. The Morgan fingerprint density at radius 1 is 1.30 bits per heavy atom. The average Bonchev–Trinajstić information content (AvgIpc) is 2.95. The maximum Gasteiger partial charge on any atom is 0.202 e. The summed E-state index contributed by atoms with van der Waals surface area (Å²) >= 11 is 1.51. The summed E-state index contributed by atoms with van der Waals surface area (Å²) in [6.45, 7) is 6.62. The van der Waals surface area contributed by atoms with E-state index in [1.54, 1.807) is 0 Å². The molecular weight excluding hydrogens is 272 g/mol. The molecule has 2 heterocycles. The normalized spacial score (nSPS) is 11.1. The highest BCUT2D eigenvalue weighted by atomic mass is 32.1. The van der Waals surface area contributed by atoms with E-state index in [9.17, 15) is 0 Å². The van der Waals surface area contributed by atoms with Gasteiger partial charge in [0.2, 0.25) is 5.95 Å². The predicted octanol–water partition coefficient (Wildman–Crippen LogP) is 2.01. The Morgan fingerprint density at radius 2 is 2.00 bits per heavy atom. The molecule has 0 bridgehead atoms. The van der Waals surface area contributed by atoms with Gasteiger partial charge in [-0.15, -0.1) is 11.3 Å². The molecule has 0 aliphatic heterocycles. The molecular formula is C13H14N6S. The van der Waals surface area contributed by atoms with Crippen LogP contribution in [0.1, 0.15) is 42.9 Å². The predicted molar refractivity (Wildman–Crippen MR) is 76.0 cm³/mol. The average molecular weight is 286 g/mol. The van der Waals surface area contributed by atoms with E-state index < -0.39 is 0 Å². The monoisotopic (exact) mass is 286 g/mol. The van der Waals surface area contributed by atoms with E-state index >= 15 is 0 Å². The minimum absolute atomic E-state index is 0.0227. The van der Waals surface area contributed by atoms with Crippen molar-refractivity contribution < 1.29 is 0 Å². The van der Waals surface area contributed by atoms with E-state index in [4.69, 9.17) is 16.3 Å². The Balaban J connectivity index is 2.37. The van der Waals surface area contributed by atoms with Crippen molar-refractivity contribution in [3.63, 3.8) is 0 Å². The molecule has 2 aromatic heterocycles. The third-order valence-corrected chi connectivity index (χ3v) is 3.66. The van der Waals surface area contributed by atoms with Crippen LogP contribution in [0.5, 0.6) is 0 Å². The molecule has 0 saturated heterocycles. The zero-order chi connectivity index (χ0) is 14.9. The SMILES string of the molecule is CC(C)(C)c1csc(Cn2c(N)nc(C#N)c2C#N)n1. The zero-order valence-corrected chi connectivity index (χ0v) is 12.3. The number of nitrogens with zero attached hydrogens (tertiary/aromatic N) is 5. The number of hydrogen-bond acceptors (Lipinski definition) is 6. The summed E-state index contributed by atoms with van der Waals surface area (Å²) in [5.74, 6) is 0.158. The molecule has 0 fully saturated rings. The third-order valence-electron chi connectivity index (χ3n) is 2.82. The summed E-state index contributed by atoms with van der Waals surface area (Å²) in [4.78, 5) is 8.44. The Bertz CT molecular complexity index is 720. The van der Waals surface area contributed by atoms with Crippen LogP contribution in [-0.2, 0) is 12.0 Å². The van der Waals surface area contributed by atoms with Gasteiger partial charge in [-0.2, -0.15) is 10.5 Å². The van der Waals surface area contributed by atoms with Crippen LogP contribution in [0.25, 0.3) is 0 Å². The van der Waals surface area contributed by atoms with Gasteiger partial charge in [-0.1, -0.05) is 20.8 Å². The van der Waals surface area contributed by atoms with Crippen LogP contribution in [0.3, 0.4) is 0 Å². The maximum absolute atomic E-state index is 9.12.